The minimum Gasteiger partial charge on any atom is -0.385 e. The van der Waals surface area contributed by atoms with Gasteiger partial charge < -0.3 is 10.0 Å². The van der Waals surface area contributed by atoms with E-state index in [1.807, 2.05) is 30.3 Å². The number of hydrogen-bond donors (Lipinski definition) is 1. The van der Waals surface area contributed by atoms with Crippen LogP contribution in [0.15, 0.2) is 30.3 Å². The van der Waals surface area contributed by atoms with E-state index in [2.05, 4.69) is 18.9 Å². The molecule has 88 valence electrons. The van der Waals surface area contributed by atoms with Crippen molar-refractivity contribution in [3.8, 4) is 0 Å². The Kier molecular flexibility index (Phi) is 3.31. The van der Waals surface area contributed by atoms with Crippen LogP contribution < -0.4 is 0 Å². The lowest BCUT2D eigenvalue weighted by molar-refractivity contribution is -0.0743. The van der Waals surface area contributed by atoms with Gasteiger partial charge in [0, 0.05) is 19.0 Å². The smallest absolute Gasteiger partial charge is 0.0948 e. The molecular weight excluding hydrogens is 198 g/mol. The summed E-state index contributed by atoms with van der Waals surface area (Å²) in [5.41, 5.74) is 0.456. The molecule has 1 heterocycles. The highest BCUT2D eigenvalue weighted by atomic mass is 16.3. The molecule has 0 aromatic heterocycles. The van der Waals surface area contributed by atoms with Gasteiger partial charge in [-0.3, -0.25) is 0 Å². The van der Waals surface area contributed by atoms with Crippen LogP contribution in [0.3, 0.4) is 0 Å². The second-order valence-corrected chi connectivity index (χ2v) is 4.91. The number of benzene rings is 1. The van der Waals surface area contributed by atoms with Crippen LogP contribution >= 0.6 is 0 Å². The molecule has 0 bridgehead atoms. The van der Waals surface area contributed by atoms with Crippen LogP contribution in [0.1, 0.15) is 25.3 Å². The molecule has 1 aromatic carbocycles. The largest absolute Gasteiger partial charge is 0.385 e. The zero-order chi connectivity index (χ0) is 11.6. The summed E-state index contributed by atoms with van der Waals surface area (Å²) in [6.07, 6.45) is 1.86. The normalized spacial score (nSPS) is 31.6. The summed E-state index contributed by atoms with van der Waals surface area (Å²) < 4.78 is 0. The standard InChI is InChI=1S/C14H21NO/c1-3-12-11-15(2)10-9-14(12,16)13-7-5-4-6-8-13/h4-8,12,16H,3,9-11H2,1-2H3/t12-,14-/m1/s1. The lowest BCUT2D eigenvalue weighted by Gasteiger charge is -2.43. The van der Waals surface area contributed by atoms with Gasteiger partial charge in [-0.2, -0.15) is 0 Å². The number of rotatable bonds is 2. The average molecular weight is 219 g/mol. The van der Waals surface area contributed by atoms with E-state index in [1.165, 1.54) is 0 Å². The molecule has 1 saturated heterocycles. The first-order valence-corrected chi connectivity index (χ1v) is 6.13. The van der Waals surface area contributed by atoms with Crippen LogP contribution in [0.5, 0.6) is 0 Å². The van der Waals surface area contributed by atoms with Crippen LogP contribution in [0.2, 0.25) is 0 Å². The molecule has 16 heavy (non-hydrogen) atoms. The molecule has 1 N–H and O–H groups in total. The first kappa shape index (κ1) is 11.6. The van der Waals surface area contributed by atoms with Crippen LogP contribution in [-0.4, -0.2) is 30.1 Å². The van der Waals surface area contributed by atoms with Crippen LogP contribution in [0.25, 0.3) is 0 Å². The van der Waals surface area contributed by atoms with Crippen molar-refractivity contribution in [3.63, 3.8) is 0 Å². The Hall–Kier alpha value is -0.860. The van der Waals surface area contributed by atoms with E-state index in [9.17, 15) is 5.11 Å². The minimum absolute atomic E-state index is 0.341. The lowest BCUT2D eigenvalue weighted by Crippen LogP contribution is -2.48. The first-order chi connectivity index (χ1) is 7.66. The Labute approximate surface area is 97.9 Å². The maximum Gasteiger partial charge on any atom is 0.0948 e. The highest BCUT2D eigenvalue weighted by Gasteiger charge is 2.40. The van der Waals surface area contributed by atoms with Crippen molar-refractivity contribution in [2.24, 2.45) is 5.92 Å². The van der Waals surface area contributed by atoms with Gasteiger partial charge in [0.15, 0.2) is 0 Å². The van der Waals surface area contributed by atoms with Gasteiger partial charge in [0.1, 0.15) is 0 Å². The van der Waals surface area contributed by atoms with Crippen LogP contribution in [-0.2, 0) is 5.60 Å². The van der Waals surface area contributed by atoms with E-state index in [-0.39, 0.29) is 0 Å². The molecule has 2 atom stereocenters. The lowest BCUT2D eigenvalue weighted by atomic mass is 9.75. The highest BCUT2D eigenvalue weighted by Crippen LogP contribution is 2.38. The van der Waals surface area contributed by atoms with Crippen molar-refractivity contribution in [2.45, 2.75) is 25.4 Å². The van der Waals surface area contributed by atoms with Crippen LogP contribution in [0, 0.1) is 5.92 Å². The van der Waals surface area contributed by atoms with Gasteiger partial charge in [-0.05, 0) is 25.5 Å². The van der Waals surface area contributed by atoms with Crippen molar-refractivity contribution >= 4 is 0 Å². The molecule has 0 radical (unpaired) electrons. The zero-order valence-electron chi connectivity index (χ0n) is 10.2. The first-order valence-electron chi connectivity index (χ1n) is 6.13. The van der Waals surface area contributed by atoms with Gasteiger partial charge in [-0.15, -0.1) is 0 Å². The summed E-state index contributed by atoms with van der Waals surface area (Å²) in [5, 5.41) is 10.9. The molecule has 0 spiro atoms. The Morgan fingerprint density at radius 2 is 2.06 bits per heavy atom. The van der Waals surface area contributed by atoms with Crippen LogP contribution in [0.4, 0.5) is 0 Å². The molecule has 0 amide bonds. The SMILES string of the molecule is CC[C@@H]1CN(C)CC[C@]1(O)c1ccccc1. The summed E-state index contributed by atoms with van der Waals surface area (Å²) >= 11 is 0. The van der Waals surface area contributed by atoms with E-state index < -0.39 is 5.60 Å². The fourth-order valence-electron chi connectivity index (χ4n) is 2.76. The molecule has 2 heteroatoms. The summed E-state index contributed by atoms with van der Waals surface area (Å²) in [4.78, 5) is 2.31. The molecule has 0 aliphatic carbocycles. The molecule has 2 rings (SSSR count). The van der Waals surface area contributed by atoms with E-state index in [1.54, 1.807) is 0 Å². The topological polar surface area (TPSA) is 23.5 Å². The third-order valence-electron chi connectivity index (χ3n) is 3.85. The summed E-state index contributed by atoms with van der Waals surface area (Å²) in [6.45, 7) is 4.13. The zero-order valence-corrected chi connectivity index (χ0v) is 10.2. The summed E-state index contributed by atoms with van der Waals surface area (Å²) in [6, 6.07) is 10.1. The van der Waals surface area contributed by atoms with E-state index in [0.29, 0.717) is 5.92 Å². The number of hydrogen-bond acceptors (Lipinski definition) is 2. The van der Waals surface area contributed by atoms with Crippen molar-refractivity contribution < 1.29 is 5.11 Å². The van der Waals surface area contributed by atoms with Crippen molar-refractivity contribution in [1.82, 2.24) is 4.90 Å². The quantitative estimate of drug-likeness (QED) is 0.824. The van der Waals surface area contributed by atoms with Crippen molar-refractivity contribution in [2.75, 3.05) is 20.1 Å². The minimum atomic E-state index is -0.622. The van der Waals surface area contributed by atoms with Gasteiger partial charge in [0.2, 0.25) is 0 Å². The third-order valence-corrected chi connectivity index (χ3v) is 3.85. The highest BCUT2D eigenvalue weighted by molar-refractivity contribution is 5.24. The van der Waals surface area contributed by atoms with Gasteiger partial charge >= 0.3 is 0 Å². The Balaban J connectivity index is 2.29. The number of likely N-dealkylation sites (tertiary alicyclic amines) is 1. The maximum atomic E-state index is 10.9. The summed E-state index contributed by atoms with van der Waals surface area (Å²) in [7, 11) is 2.13. The second kappa shape index (κ2) is 4.56. The molecule has 1 aliphatic rings. The molecule has 1 aromatic rings. The monoisotopic (exact) mass is 219 g/mol. The van der Waals surface area contributed by atoms with E-state index >= 15 is 0 Å². The molecule has 0 saturated carbocycles. The molecular formula is C14H21NO. The van der Waals surface area contributed by atoms with E-state index in [0.717, 1.165) is 31.5 Å². The third kappa shape index (κ3) is 2.00. The average Bonchev–Trinajstić information content (AvgIpc) is 2.33. The Morgan fingerprint density at radius 1 is 1.38 bits per heavy atom. The van der Waals surface area contributed by atoms with Crippen molar-refractivity contribution in [3.05, 3.63) is 35.9 Å². The Bertz CT molecular complexity index is 338. The molecule has 2 nitrogen and oxygen atoms in total. The number of nitrogens with zero attached hydrogens (tertiary/aromatic N) is 1. The number of piperidine rings is 1. The van der Waals surface area contributed by atoms with Gasteiger partial charge in [-0.25, -0.2) is 0 Å². The fraction of sp³-hybridized carbons (Fsp3) is 0.571. The fourth-order valence-corrected chi connectivity index (χ4v) is 2.76. The molecule has 1 fully saturated rings. The predicted octanol–water partition coefficient (Wildman–Crippen LogP) is 2.24. The Morgan fingerprint density at radius 3 is 2.69 bits per heavy atom. The van der Waals surface area contributed by atoms with Gasteiger partial charge in [0.25, 0.3) is 0 Å². The maximum absolute atomic E-state index is 10.9. The molecule has 1 aliphatic heterocycles. The predicted molar refractivity (Wildman–Crippen MR) is 66.2 cm³/mol. The van der Waals surface area contributed by atoms with Crippen molar-refractivity contribution in [1.29, 1.82) is 0 Å². The molecule has 0 unspecified atom stereocenters. The van der Waals surface area contributed by atoms with E-state index in [4.69, 9.17) is 0 Å². The summed E-state index contributed by atoms with van der Waals surface area (Å²) in [5.74, 6) is 0.341. The number of aliphatic hydroxyl groups is 1. The van der Waals surface area contributed by atoms with Gasteiger partial charge in [0.05, 0.1) is 5.60 Å². The van der Waals surface area contributed by atoms with Gasteiger partial charge in [-0.1, -0.05) is 37.3 Å². The second-order valence-electron chi connectivity index (χ2n) is 4.91.